The summed E-state index contributed by atoms with van der Waals surface area (Å²) in [5.74, 6) is 0. The zero-order valence-electron chi connectivity index (χ0n) is 8.43. The fourth-order valence-corrected chi connectivity index (χ4v) is 1.24. The molecule has 0 bridgehead atoms. The molecular formula is C8H13ClF3N3. The summed E-state index contributed by atoms with van der Waals surface area (Å²) in [6.45, 7) is 2.66. The second-order valence-electron chi connectivity index (χ2n) is 2.92. The van der Waals surface area contributed by atoms with Gasteiger partial charge in [0.25, 0.3) is 0 Å². The number of nitrogens with zero attached hydrogens (tertiary/aromatic N) is 2. The molecule has 0 atom stereocenters. The number of rotatable bonds is 3. The molecule has 0 saturated heterocycles. The van der Waals surface area contributed by atoms with Crippen LogP contribution in [0.1, 0.15) is 18.2 Å². The number of hydrogen-bond acceptors (Lipinski definition) is 2. The van der Waals surface area contributed by atoms with Crippen LogP contribution in [0.4, 0.5) is 13.2 Å². The second kappa shape index (κ2) is 5.37. The molecule has 88 valence electrons. The largest absolute Gasteiger partial charge is 0.433 e. The Hall–Kier alpha value is -0.750. The third kappa shape index (κ3) is 3.39. The summed E-state index contributed by atoms with van der Waals surface area (Å²) in [5.41, 5.74) is -0.500. The normalized spacial score (nSPS) is 11.3. The van der Waals surface area contributed by atoms with Gasteiger partial charge in [0.1, 0.15) is 5.69 Å². The maximum Gasteiger partial charge on any atom is 0.433 e. The van der Waals surface area contributed by atoms with Crippen molar-refractivity contribution >= 4 is 12.4 Å². The maximum atomic E-state index is 12.5. The lowest BCUT2D eigenvalue weighted by Gasteiger charge is -2.09. The van der Waals surface area contributed by atoms with Crippen molar-refractivity contribution in [2.45, 2.75) is 19.6 Å². The number of halogens is 4. The van der Waals surface area contributed by atoms with E-state index in [1.165, 1.54) is 13.2 Å². The average Bonchev–Trinajstić information content (AvgIpc) is 2.42. The summed E-state index contributed by atoms with van der Waals surface area (Å²) in [4.78, 5) is 0. The van der Waals surface area contributed by atoms with E-state index >= 15 is 0 Å². The minimum atomic E-state index is -4.34. The molecule has 0 aliphatic heterocycles. The Labute approximate surface area is 92.1 Å². The highest BCUT2D eigenvalue weighted by Gasteiger charge is 2.36. The van der Waals surface area contributed by atoms with Crippen molar-refractivity contribution in [1.29, 1.82) is 0 Å². The second-order valence-corrected chi connectivity index (χ2v) is 2.92. The van der Waals surface area contributed by atoms with Gasteiger partial charge in [-0.25, -0.2) is 0 Å². The smallest absolute Gasteiger partial charge is 0.313 e. The highest BCUT2D eigenvalue weighted by Crippen LogP contribution is 2.31. The Morgan fingerprint density at radius 1 is 1.47 bits per heavy atom. The fraction of sp³-hybridized carbons (Fsp3) is 0.625. The maximum absolute atomic E-state index is 12.5. The average molecular weight is 244 g/mol. The molecular weight excluding hydrogens is 231 g/mol. The summed E-state index contributed by atoms with van der Waals surface area (Å²) in [6, 6.07) is 0. The van der Waals surface area contributed by atoms with Crippen molar-refractivity contribution in [3.8, 4) is 0 Å². The molecule has 7 heteroatoms. The molecule has 15 heavy (non-hydrogen) atoms. The Morgan fingerprint density at radius 3 is 2.53 bits per heavy atom. The predicted molar refractivity (Wildman–Crippen MR) is 52.8 cm³/mol. The summed E-state index contributed by atoms with van der Waals surface area (Å²) < 4.78 is 38.3. The van der Waals surface area contributed by atoms with E-state index in [0.29, 0.717) is 6.54 Å². The molecule has 0 aromatic carbocycles. The van der Waals surface area contributed by atoms with Gasteiger partial charge >= 0.3 is 6.18 Å². The quantitative estimate of drug-likeness (QED) is 0.880. The van der Waals surface area contributed by atoms with Crippen LogP contribution in [0.3, 0.4) is 0 Å². The molecule has 1 aromatic heterocycles. The van der Waals surface area contributed by atoms with Crippen LogP contribution in [0, 0.1) is 0 Å². The van der Waals surface area contributed by atoms with Crippen molar-refractivity contribution in [2.75, 3.05) is 6.54 Å². The lowest BCUT2D eigenvalue weighted by Crippen LogP contribution is -2.18. The van der Waals surface area contributed by atoms with Crippen LogP contribution in [0.2, 0.25) is 0 Å². The molecule has 0 unspecified atom stereocenters. The third-order valence-corrected chi connectivity index (χ3v) is 1.85. The van der Waals surface area contributed by atoms with Crippen LogP contribution in [0.15, 0.2) is 6.20 Å². The summed E-state index contributed by atoms with van der Waals surface area (Å²) in [7, 11) is 1.29. The Morgan fingerprint density at radius 2 is 2.07 bits per heavy atom. The van der Waals surface area contributed by atoms with E-state index in [1.807, 2.05) is 6.92 Å². The zero-order valence-corrected chi connectivity index (χ0v) is 9.24. The van der Waals surface area contributed by atoms with Gasteiger partial charge < -0.3 is 5.32 Å². The fourth-order valence-electron chi connectivity index (χ4n) is 1.24. The van der Waals surface area contributed by atoms with Gasteiger partial charge in [-0.15, -0.1) is 12.4 Å². The Bertz CT molecular complexity index is 309. The van der Waals surface area contributed by atoms with E-state index in [1.54, 1.807) is 0 Å². The van der Waals surface area contributed by atoms with E-state index < -0.39 is 11.9 Å². The van der Waals surface area contributed by atoms with Crippen molar-refractivity contribution < 1.29 is 13.2 Å². The van der Waals surface area contributed by atoms with Crippen molar-refractivity contribution in [3.63, 3.8) is 0 Å². The summed E-state index contributed by atoms with van der Waals surface area (Å²) in [6.07, 6.45) is -3.10. The Kier molecular flexibility index (Phi) is 5.10. The van der Waals surface area contributed by atoms with Crippen LogP contribution in [0.5, 0.6) is 0 Å². The highest BCUT2D eigenvalue weighted by atomic mass is 35.5. The number of aromatic nitrogens is 2. The van der Waals surface area contributed by atoms with Gasteiger partial charge in [0, 0.05) is 19.2 Å². The van der Waals surface area contributed by atoms with Gasteiger partial charge in [0.15, 0.2) is 0 Å². The summed E-state index contributed by atoms with van der Waals surface area (Å²) in [5, 5.41) is 6.43. The minimum Gasteiger partial charge on any atom is -0.313 e. The van der Waals surface area contributed by atoms with E-state index in [0.717, 1.165) is 4.68 Å². The first kappa shape index (κ1) is 14.2. The zero-order chi connectivity index (χ0) is 10.8. The van der Waals surface area contributed by atoms with Crippen molar-refractivity contribution in [1.82, 2.24) is 15.1 Å². The first-order valence-electron chi connectivity index (χ1n) is 4.25. The lowest BCUT2D eigenvalue weighted by atomic mass is 10.2. The monoisotopic (exact) mass is 243 g/mol. The lowest BCUT2D eigenvalue weighted by molar-refractivity contribution is -0.144. The van der Waals surface area contributed by atoms with Gasteiger partial charge in [-0.05, 0) is 6.54 Å². The summed E-state index contributed by atoms with van der Waals surface area (Å²) >= 11 is 0. The van der Waals surface area contributed by atoms with Crippen LogP contribution >= 0.6 is 12.4 Å². The highest BCUT2D eigenvalue weighted by molar-refractivity contribution is 5.85. The molecule has 1 N–H and O–H groups in total. The van der Waals surface area contributed by atoms with Gasteiger partial charge in [-0.2, -0.15) is 18.3 Å². The first-order chi connectivity index (χ1) is 6.46. The van der Waals surface area contributed by atoms with Gasteiger partial charge in [-0.1, -0.05) is 6.92 Å². The van der Waals surface area contributed by atoms with E-state index in [2.05, 4.69) is 10.4 Å². The number of aryl methyl sites for hydroxylation is 1. The number of alkyl halides is 3. The molecule has 0 fully saturated rings. The number of hydrogen-bond donors (Lipinski definition) is 1. The first-order valence-corrected chi connectivity index (χ1v) is 4.25. The molecule has 0 aliphatic carbocycles. The van der Waals surface area contributed by atoms with Crippen LogP contribution in [-0.2, 0) is 19.8 Å². The van der Waals surface area contributed by atoms with E-state index in [9.17, 15) is 13.2 Å². The minimum absolute atomic E-state index is 0. The molecule has 3 nitrogen and oxygen atoms in total. The molecule has 0 saturated carbocycles. The predicted octanol–water partition coefficient (Wildman–Crippen LogP) is 1.97. The van der Waals surface area contributed by atoms with Gasteiger partial charge in [-0.3, -0.25) is 4.68 Å². The van der Waals surface area contributed by atoms with E-state index in [-0.39, 0.29) is 24.5 Å². The topological polar surface area (TPSA) is 29.9 Å². The molecule has 0 radical (unpaired) electrons. The van der Waals surface area contributed by atoms with Crippen molar-refractivity contribution in [3.05, 3.63) is 17.5 Å². The molecule has 1 rings (SSSR count). The molecule has 0 spiro atoms. The van der Waals surface area contributed by atoms with Gasteiger partial charge in [0.2, 0.25) is 0 Å². The Balaban J connectivity index is 0.00000196. The third-order valence-electron chi connectivity index (χ3n) is 1.85. The standard InChI is InChI=1S/C8H12F3N3.ClH/c1-3-12-4-6-5-13-14(2)7(6)8(9,10)11;/h5,12H,3-4H2,1-2H3;1H. The molecule has 0 aliphatic rings. The van der Waals surface area contributed by atoms with Crippen LogP contribution in [-0.4, -0.2) is 16.3 Å². The van der Waals surface area contributed by atoms with Gasteiger partial charge in [0.05, 0.1) is 6.20 Å². The molecule has 1 heterocycles. The van der Waals surface area contributed by atoms with Crippen LogP contribution < -0.4 is 5.32 Å². The van der Waals surface area contributed by atoms with E-state index in [4.69, 9.17) is 0 Å². The SMILES string of the molecule is CCNCc1cnn(C)c1C(F)(F)F.Cl. The van der Waals surface area contributed by atoms with Crippen LogP contribution in [0.25, 0.3) is 0 Å². The number of nitrogens with one attached hydrogen (secondary N) is 1. The van der Waals surface area contributed by atoms with Crippen molar-refractivity contribution in [2.24, 2.45) is 7.05 Å². The molecule has 1 aromatic rings. The molecule has 0 amide bonds.